The number of aromatic nitrogens is 1. The molecule has 0 aliphatic heterocycles. The fourth-order valence-corrected chi connectivity index (χ4v) is 5.05. The van der Waals surface area contributed by atoms with E-state index in [0.29, 0.717) is 18.4 Å². The van der Waals surface area contributed by atoms with Crippen LogP contribution in [0.1, 0.15) is 70.0 Å². The summed E-state index contributed by atoms with van der Waals surface area (Å²) < 4.78 is 6.03. The van der Waals surface area contributed by atoms with Crippen molar-refractivity contribution in [1.29, 1.82) is 0 Å². The van der Waals surface area contributed by atoms with Gasteiger partial charge in [0.25, 0.3) is 0 Å². The molecule has 0 bridgehead atoms. The van der Waals surface area contributed by atoms with Crippen molar-refractivity contribution in [2.24, 2.45) is 17.5 Å². The zero-order chi connectivity index (χ0) is 24.7. The highest BCUT2D eigenvalue weighted by Crippen LogP contribution is 2.45. The first-order valence-electron chi connectivity index (χ1n) is 13.2. The van der Waals surface area contributed by atoms with E-state index >= 15 is 0 Å². The average molecular weight is 486 g/mol. The van der Waals surface area contributed by atoms with Gasteiger partial charge in [-0.15, -0.1) is 0 Å². The Balaban J connectivity index is 0.00000320. The molecule has 0 saturated heterocycles. The van der Waals surface area contributed by atoms with Crippen LogP contribution in [0.4, 0.5) is 17.1 Å². The molecular formula is C30H39N5O. The third-order valence-electron chi connectivity index (χ3n) is 7.13. The fourth-order valence-electron chi connectivity index (χ4n) is 5.05. The molecule has 1 heterocycles. The number of pyridine rings is 1. The highest BCUT2D eigenvalue weighted by molar-refractivity contribution is 5.69. The Bertz CT molecular complexity index is 1180. The Morgan fingerprint density at radius 2 is 1.89 bits per heavy atom. The van der Waals surface area contributed by atoms with E-state index in [0.717, 1.165) is 40.6 Å². The van der Waals surface area contributed by atoms with Crippen LogP contribution >= 0.6 is 0 Å². The number of hydrogen-bond acceptors (Lipinski definition) is 6. The standard InChI is InChI=1S/C30H37N5O.H2/c31-24(17-22-7-2-1-3-8-22)20-35(32)27-11-6-10-25(18-27)34-30-15-14-28(19-29(30)23-12-13-23)36-21-26-9-4-5-16-33-26;/h4-6,9-11,14-16,18-20,22-23,34H,1-3,7-8,12-13,17,21,31-32H2;1H/b24-20-;. The lowest BCUT2D eigenvalue weighted by molar-refractivity contribution is 0.301. The second kappa shape index (κ2) is 11.5. The maximum absolute atomic E-state index is 6.38. The van der Waals surface area contributed by atoms with Crippen molar-refractivity contribution in [3.8, 4) is 5.75 Å². The van der Waals surface area contributed by atoms with E-state index in [2.05, 4.69) is 34.6 Å². The Hall–Kier alpha value is -3.51. The first kappa shape index (κ1) is 24.2. The lowest BCUT2D eigenvalue weighted by Crippen LogP contribution is -2.26. The van der Waals surface area contributed by atoms with Crippen LogP contribution < -0.4 is 26.6 Å². The number of ether oxygens (including phenoxy) is 1. The topological polar surface area (TPSA) is 89.4 Å². The molecule has 190 valence electrons. The van der Waals surface area contributed by atoms with Crippen LogP contribution in [0.3, 0.4) is 0 Å². The smallest absolute Gasteiger partial charge is 0.130 e. The molecule has 5 N–H and O–H groups in total. The number of benzene rings is 2. The van der Waals surface area contributed by atoms with E-state index in [-0.39, 0.29) is 1.43 Å². The van der Waals surface area contributed by atoms with Crippen LogP contribution in [0.25, 0.3) is 0 Å². The summed E-state index contributed by atoms with van der Waals surface area (Å²) in [6.45, 7) is 0.462. The molecule has 36 heavy (non-hydrogen) atoms. The van der Waals surface area contributed by atoms with Gasteiger partial charge in [-0.1, -0.05) is 44.2 Å². The number of hydrazine groups is 1. The van der Waals surface area contributed by atoms with E-state index in [1.54, 1.807) is 11.2 Å². The largest absolute Gasteiger partial charge is 0.487 e. The molecule has 2 aliphatic rings. The summed E-state index contributed by atoms with van der Waals surface area (Å²) >= 11 is 0. The second-order valence-corrected chi connectivity index (χ2v) is 10.1. The van der Waals surface area contributed by atoms with Gasteiger partial charge in [0.15, 0.2) is 0 Å². The first-order valence-corrected chi connectivity index (χ1v) is 13.2. The van der Waals surface area contributed by atoms with E-state index in [1.807, 2.05) is 42.6 Å². The van der Waals surface area contributed by atoms with Crippen molar-refractivity contribution in [2.45, 2.75) is 63.9 Å². The molecule has 2 aliphatic carbocycles. The molecule has 6 heteroatoms. The van der Waals surface area contributed by atoms with Crippen LogP contribution in [-0.2, 0) is 6.61 Å². The summed E-state index contributed by atoms with van der Waals surface area (Å²) in [4.78, 5) is 4.34. The maximum Gasteiger partial charge on any atom is 0.130 e. The molecular weight excluding hydrogens is 446 g/mol. The lowest BCUT2D eigenvalue weighted by Gasteiger charge is -2.23. The van der Waals surface area contributed by atoms with Gasteiger partial charge in [-0.2, -0.15) is 0 Å². The van der Waals surface area contributed by atoms with Crippen LogP contribution in [0.5, 0.6) is 5.75 Å². The van der Waals surface area contributed by atoms with Crippen molar-refractivity contribution < 1.29 is 6.16 Å². The number of nitrogens with one attached hydrogen (secondary N) is 1. The fraction of sp³-hybridized carbons (Fsp3) is 0.367. The Labute approximate surface area is 215 Å². The van der Waals surface area contributed by atoms with Crippen molar-refractivity contribution >= 4 is 17.1 Å². The summed E-state index contributed by atoms with van der Waals surface area (Å²) in [5, 5.41) is 5.25. The monoisotopic (exact) mass is 485 g/mol. The second-order valence-electron chi connectivity index (χ2n) is 10.1. The number of nitrogens with zero attached hydrogens (tertiary/aromatic N) is 2. The van der Waals surface area contributed by atoms with E-state index in [9.17, 15) is 0 Å². The Kier molecular flexibility index (Phi) is 7.72. The van der Waals surface area contributed by atoms with Gasteiger partial charge in [0.05, 0.1) is 11.4 Å². The third-order valence-corrected chi connectivity index (χ3v) is 7.13. The molecule has 1 aromatic heterocycles. The molecule has 0 atom stereocenters. The molecule has 2 fully saturated rings. The number of rotatable bonds is 10. The van der Waals surface area contributed by atoms with Gasteiger partial charge in [-0.3, -0.25) is 9.99 Å². The molecule has 0 spiro atoms. The summed E-state index contributed by atoms with van der Waals surface area (Å²) in [6, 6.07) is 20.3. The minimum atomic E-state index is 0. The average Bonchev–Trinajstić information content (AvgIpc) is 3.75. The van der Waals surface area contributed by atoms with Crippen molar-refractivity contribution in [3.05, 3.63) is 90.0 Å². The van der Waals surface area contributed by atoms with Crippen LogP contribution in [-0.4, -0.2) is 4.98 Å². The normalized spacial score (nSPS) is 16.5. The van der Waals surface area contributed by atoms with Crippen molar-refractivity contribution in [1.82, 2.24) is 4.98 Å². The van der Waals surface area contributed by atoms with Gasteiger partial charge >= 0.3 is 0 Å². The highest BCUT2D eigenvalue weighted by Gasteiger charge is 2.27. The minimum absolute atomic E-state index is 0. The highest BCUT2D eigenvalue weighted by atomic mass is 16.5. The zero-order valence-electron chi connectivity index (χ0n) is 20.9. The zero-order valence-corrected chi connectivity index (χ0v) is 20.9. The first-order chi connectivity index (χ1) is 17.6. The predicted molar refractivity (Wildman–Crippen MR) is 149 cm³/mol. The van der Waals surface area contributed by atoms with Crippen molar-refractivity contribution in [2.75, 3.05) is 10.3 Å². The number of anilines is 3. The van der Waals surface area contributed by atoms with Gasteiger partial charge in [0, 0.05) is 30.9 Å². The number of nitrogens with two attached hydrogens (primary N) is 2. The van der Waals surface area contributed by atoms with Crippen LogP contribution in [0, 0.1) is 5.92 Å². The van der Waals surface area contributed by atoms with Gasteiger partial charge in [-0.05, 0) is 85.2 Å². The summed E-state index contributed by atoms with van der Waals surface area (Å²) in [7, 11) is 0. The van der Waals surface area contributed by atoms with Crippen molar-refractivity contribution in [3.63, 3.8) is 0 Å². The molecule has 3 aromatic rings. The van der Waals surface area contributed by atoms with E-state index in [1.165, 1.54) is 50.5 Å². The Morgan fingerprint density at radius 3 is 2.67 bits per heavy atom. The number of allylic oxidation sites excluding steroid dienone is 1. The molecule has 0 amide bonds. The quantitative estimate of drug-likeness (QED) is 0.212. The summed E-state index contributed by atoms with van der Waals surface area (Å²) in [6.07, 6.45) is 13.5. The van der Waals surface area contributed by atoms with Gasteiger partial charge < -0.3 is 15.8 Å². The Morgan fingerprint density at radius 1 is 1.03 bits per heavy atom. The summed E-state index contributed by atoms with van der Waals surface area (Å²) in [5.41, 5.74) is 12.4. The lowest BCUT2D eigenvalue weighted by atomic mass is 9.86. The summed E-state index contributed by atoms with van der Waals surface area (Å²) in [5.74, 6) is 8.51. The molecule has 6 nitrogen and oxygen atoms in total. The van der Waals surface area contributed by atoms with E-state index in [4.69, 9.17) is 16.3 Å². The molecule has 2 aromatic carbocycles. The van der Waals surface area contributed by atoms with Gasteiger partial charge in [-0.25, -0.2) is 5.84 Å². The van der Waals surface area contributed by atoms with Gasteiger partial charge in [0.1, 0.15) is 12.4 Å². The maximum atomic E-state index is 6.38. The molecule has 0 unspecified atom stereocenters. The minimum Gasteiger partial charge on any atom is -0.487 e. The molecule has 2 saturated carbocycles. The number of hydrogen-bond donors (Lipinski definition) is 3. The predicted octanol–water partition coefficient (Wildman–Crippen LogP) is 6.98. The molecule has 0 radical (unpaired) electrons. The molecule has 5 rings (SSSR count). The van der Waals surface area contributed by atoms with E-state index < -0.39 is 0 Å². The SMILES string of the molecule is N/C(=C\N(N)c1cccc(Nc2ccc(OCc3ccccn3)cc2C2CC2)c1)CC1CCCCC1.[HH]. The third kappa shape index (κ3) is 6.58. The van der Waals surface area contributed by atoms with Gasteiger partial charge in [0.2, 0.25) is 0 Å². The van der Waals surface area contributed by atoms with Crippen LogP contribution in [0.2, 0.25) is 0 Å². The van der Waals surface area contributed by atoms with Crippen LogP contribution in [0.15, 0.2) is 78.8 Å².